The molecule has 2 rings (SSSR count). The number of methoxy groups -OCH3 is 1. The van der Waals surface area contributed by atoms with E-state index < -0.39 is 0 Å². The number of hydrogen-bond acceptors (Lipinski definition) is 2. The molecule has 1 saturated carbocycles. The van der Waals surface area contributed by atoms with Gasteiger partial charge < -0.3 is 10.5 Å². The first kappa shape index (κ1) is 11.9. The van der Waals surface area contributed by atoms with E-state index in [4.69, 9.17) is 10.5 Å². The summed E-state index contributed by atoms with van der Waals surface area (Å²) in [5.41, 5.74) is 7.26. The van der Waals surface area contributed by atoms with Gasteiger partial charge in [0, 0.05) is 12.0 Å². The molecule has 88 valence electrons. The summed E-state index contributed by atoms with van der Waals surface area (Å²) in [7, 11) is 1.48. The highest BCUT2D eigenvalue weighted by atomic mass is 79.9. The Hall–Kier alpha value is -0.610. The summed E-state index contributed by atoms with van der Waals surface area (Å²) in [6, 6.07) is 1.88. The van der Waals surface area contributed by atoms with Gasteiger partial charge in [0.25, 0.3) is 0 Å². The van der Waals surface area contributed by atoms with E-state index in [9.17, 15) is 4.39 Å². The summed E-state index contributed by atoms with van der Waals surface area (Å²) < 4.78 is 20.0. The van der Waals surface area contributed by atoms with E-state index in [1.54, 1.807) is 0 Å². The lowest BCUT2D eigenvalue weighted by Crippen LogP contribution is -2.21. The van der Waals surface area contributed by atoms with Crippen LogP contribution in [0, 0.1) is 12.7 Å². The SMILES string of the molecule is COc1c(F)c(C2(CN)CC2)cc(C)c1Br. The molecule has 0 saturated heterocycles. The molecule has 2 nitrogen and oxygen atoms in total. The van der Waals surface area contributed by atoms with Crippen LogP contribution in [0.15, 0.2) is 10.5 Å². The van der Waals surface area contributed by atoms with E-state index in [2.05, 4.69) is 15.9 Å². The van der Waals surface area contributed by atoms with Crippen molar-refractivity contribution in [1.82, 2.24) is 0 Å². The number of halogens is 2. The molecule has 0 aliphatic heterocycles. The highest BCUT2D eigenvalue weighted by Crippen LogP contribution is 2.50. The number of ether oxygens (including phenoxy) is 1. The topological polar surface area (TPSA) is 35.2 Å². The number of nitrogens with two attached hydrogens (primary N) is 1. The van der Waals surface area contributed by atoms with Crippen LogP contribution in [0.2, 0.25) is 0 Å². The molecule has 1 aromatic carbocycles. The molecule has 1 aliphatic carbocycles. The predicted octanol–water partition coefficient (Wildman–Crippen LogP) is 2.90. The van der Waals surface area contributed by atoms with Gasteiger partial charge in [-0.2, -0.15) is 0 Å². The van der Waals surface area contributed by atoms with Crippen molar-refractivity contribution in [3.8, 4) is 5.75 Å². The zero-order chi connectivity index (χ0) is 11.9. The molecule has 0 unspecified atom stereocenters. The highest BCUT2D eigenvalue weighted by molar-refractivity contribution is 9.10. The van der Waals surface area contributed by atoms with Crippen molar-refractivity contribution in [2.24, 2.45) is 5.73 Å². The quantitative estimate of drug-likeness (QED) is 0.928. The Morgan fingerprint density at radius 1 is 1.56 bits per heavy atom. The average Bonchev–Trinajstić information content (AvgIpc) is 3.05. The fourth-order valence-corrected chi connectivity index (χ4v) is 2.49. The first-order valence-electron chi connectivity index (χ1n) is 5.29. The number of aryl methyl sites for hydroxylation is 1. The summed E-state index contributed by atoms with van der Waals surface area (Å²) in [5, 5.41) is 0. The minimum Gasteiger partial charge on any atom is -0.492 e. The van der Waals surface area contributed by atoms with E-state index in [-0.39, 0.29) is 17.0 Å². The second-order valence-electron chi connectivity index (χ2n) is 4.39. The minimum absolute atomic E-state index is 0.150. The van der Waals surface area contributed by atoms with E-state index >= 15 is 0 Å². The fourth-order valence-electron chi connectivity index (χ4n) is 2.04. The lowest BCUT2D eigenvalue weighted by molar-refractivity contribution is 0.378. The van der Waals surface area contributed by atoms with Crippen molar-refractivity contribution in [1.29, 1.82) is 0 Å². The van der Waals surface area contributed by atoms with E-state index in [1.807, 2.05) is 13.0 Å². The normalized spacial score (nSPS) is 17.3. The monoisotopic (exact) mass is 287 g/mol. The van der Waals surface area contributed by atoms with Crippen molar-refractivity contribution in [2.45, 2.75) is 25.2 Å². The van der Waals surface area contributed by atoms with Crippen molar-refractivity contribution in [3.05, 3.63) is 27.5 Å². The van der Waals surface area contributed by atoms with Gasteiger partial charge in [-0.15, -0.1) is 0 Å². The minimum atomic E-state index is -0.275. The van der Waals surface area contributed by atoms with E-state index in [0.29, 0.717) is 16.6 Å². The first-order chi connectivity index (χ1) is 7.55. The molecular formula is C12H15BrFNO. The van der Waals surface area contributed by atoms with Crippen molar-refractivity contribution < 1.29 is 9.13 Å². The van der Waals surface area contributed by atoms with Crippen LogP contribution in [0.4, 0.5) is 4.39 Å². The second kappa shape index (κ2) is 4.00. The Labute approximate surface area is 103 Å². The van der Waals surface area contributed by atoms with Gasteiger partial charge in [0.1, 0.15) is 0 Å². The van der Waals surface area contributed by atoms with Crippen LogP contribution in [0.5, 0.6) is 5.75 Å². The standard InChI is InChI=1S/C12H15BrFNO/c1-7-5-8(12(6-15)3-4-12)10(14)11(16-2)9(7)13/h5H,3-4,6,15H2,1-2H3. The summed E-state index contributed by atoms with van der Waals surface area (Å²) in [6.07, 6.45) is 1.93. The maximum absolute atomic E-state index is 14.2. The van der Waals surface area contributed by atoms with Crippen molar-refractivity contribution in [2.75, 3.05) is 13.7 Å². The molecule has 16 heavy (non-hydrogen) atoms. The second-order valence-corrected chi connectivity index (χ2v) is 5.18. The predicted molar refractivity (Wildman–Crippen MR) is 65.4 cm³/mol. The maximum Gasteiger partial charge on any atom is 0.170 e. The van der Waals surface area contributed by atoms with Gasteiger partial charge in [-0.05, 0) is 46.8 Å². The molecule has 0 amide bonds. The third-order valence-corrected chi connectivity index (χ3v) is 4.35. The van der Waals surface area contributed by atoms with Gasteiger partial charge in [0.2, 0.25) is 0 Å². The highest BCUT2D eigenvalue weighted by Gasteiger charge is 2.45. The van der Waals surface area contributed by atoms with Crippen LogP contribution in [-0.2, 0) is 5.41 Å². The number of rotatable bonds is 3. The van der Waals surface area contributed by atoms with Crippen LogP contribution in [0.25, 0.3) is 0 Å². The Morgan fingerprint density at radius 3 is 2.62 bits per heavy atom. The Kier molecular flexibility index (Phi) is 2.97. The summed E-state index contributed by atoms with van der Waals surface area (Å²) in [5.74, 6) is 0.0117. The van der Waals surface area contributed by atoms with E-state index in [1.165, 1.54) is 7.11 Å². The molecule has 0 heterocycles. The number of benzene rings is 1. The van der Waals surface area contributed by atoms with Crippen LogP contribution < -0.4 is 10.5 Å². The molecule has 0 spiro atoms. The zero-order valence-corrected chi connectivity index (χ0v) is 11.0. The molecule has 0 aromatic heterocycles. The molecule has 0 atom stereocenters. The number of hydrogen-bond donors (Lipinski definition) is 1. The molecule has 1 aliphatic rings. The molecule has 0 radical (unpaired) electrons. The smallest absolute Gasteiger partial charge is 0.170 e. The van der Waals surface area contributed by atoms with Crippen molar-refractivity contribution in [3.63, 3.8) is 0 Å². The third-order valence-electron chi connectivity index (χ3n) is 3.36. The maximum atomic E-state index is 14.2. The lowest BCUT2D eigenvalue weighted by Gasteiger charge is -2.18. The van der Waals surface area contributed by atoms with E-state index in [0.717, 1.165) is 18.4 Å². The van der Waals surface area contributed by atoms with Crippen molar-refractivity contribution >= 4 is 15.9 Å². The van der Waals surface area contributed by atoms with Crippen LogP contribution in [-0.4, -0.2) is 13.7 Å². The van der Waals surface area contributed by atoms with Gasteiger partial charge >= 0.3 is 0 Å². The van der Waals surface area contributed by atoms with Gasteiger partial charge in [0.15, 0.2) is 11.6 Å². The summed E-state index contributed by atoms with van der Waals surface area (Å²) in [6.45, 7) is 2.43. The molecule has 0 bridgehead atoms. The van der Waals surface area contributed by atoms with Gasteiger partial charge in [-0.25, -0.2) is 4.39 Å². The summed E-state index contributed by atoms with van der Waals surface area (Å²) >= 11 is 3.34. The third kappa shape index (κ3) is 1.64. The molecule has 1 aromatic rings. The van der Waals surface area contributed by atoms with Gasteiger partial charge in [-0.3, -0.25) is 0 Å². The van der Waals surface area contributed by atoms with Crippen LogP contribution >= 0.6 is 15.9 Å². The largest absolute Gasteiger partial charge is 0.492 e. The van der Waals surface area contributed by atoms with Gasteiger partial charge in [-0.1, -0.05) is 6.07 Å². The molecule has 4 heteroatoms. The fraction of sp³-hybridized carbons (Fsp3) is 0.500. The van der Waals surface area contributed by atoms with Crippen LogP contribution in [0.3, 0.4) is 0 Å². The molecular weight excluding hydrogens is 273 g/mol. The Morgan fingerprint density at radius 2 is 2.19 bits per heavy atom. The first-order valence-corrected chi connectivity index (χ1v) is 6.08. The lowest BCUT2D eigenvalue weighted by atomic mass is 9.93. The van der Waals surface area contributed by atoms with Gasteiger partial charge in [0.05, 0.1) is 11.6 Å². The Bertz CT molecular complexity index is 430. The molecule has 2 N–H and O–H groups in total. The average molecular weight is 288 g/mol. The summed E-state index contributed by atoms with van der Waals surface area (Å²) in [4.78, 5) is 0. The molecule has 1 fully saturated rings. The van der Waals surface area contributed by atoms with Crippen LogP contribution in [0.1, 0.15) is 24.0 Å². The Balaban J connectivity index is 2.59. The zero-order valence-electron chi connectivity index (χ0n) is 9.44.